The van der Waals surface area contributed by atoms with Gasteiger partial charge in [-0.25, -0.2) is 4.39 Å². The first-order valence-electron chi connectivity index (χ1n) is 5.45. The number of hydrazone groups is 1. The highest BCUT2D eigenvalue weighted by molar-refractivity contribution is 5.86. The van der Waals surface area contributed by atoms with Crippen molar-refractivity contribution in [3.63, 3.8) is 0 Å². The highest BCUT2D eigenvalue weighted by atomic mass is 19.1. The normalized spacial score (nSPS) is 20.1. The standard InChI is InChI=1S/C12H16FN3/c1-16-12(8-11(15-16)6-7-14)9-2-4-10(13)5-3-9/h2-5,12H,6-8,14H2,1H3. The Kier molecular flexibility index (Phi) is 3.19. The monoisotopic (exact) mass is 221 g/mol. The minimum absolute atomic E-state index is 0.201. The molecule has 0 radical (unpaired) electrons. The molecule has 0 amide bonds. The molecule has 0 aliphatic carbocycles. The van der Waals surface area contributed by atoms with Crippen molar-refractivity contribution in [2.75, 3.05) is 13.6 Å². The molecule has 0 bridgehead atoms. The fourth-order valence-corrected chi connectivity index (χ4v) is 2.03. The number of hydrogen-bond donors (Lipinski definition) is 1. The Morgan fingerprint density at radius 2 is 2.12 bits per heavy atom. The van der Waals surface area contributed by atoms with Crippen molar-refractivity contribution in [2.24, 2.45) is 10.8 Å². The van der Waals surface area contributed by atoms with Gasteiger partial charge in [0.2, 0.25) is 0 Å². The third kappa shape index (κ3) is 2.22. The van der Waals surface area contributed by atoms with Gasteiger partial charge in [-0.2, -0.15) is 5.10 Å². The van der Waals surface area contributed by atoms with Crippen molar-refractivity contribution in [3.8, 4) is 0 Å². The van der Waals surface area contributed by atoms with Crippen LogP contribution in [-0.2, 0) is 0 Å². The summed E-state index contributed by atoms with van der Waals surface area (Å²) < 4.78 is 12.8. The average molecular weight is 221 g/mol. The molecule has 1 unspecified atom stereocenters. The van der Waals surface area contributed by atoms with E-state index in [1.807, 2.05) is 24.2 Å². The molecule has 1 aromatic rings. The Morgan fingerprint density at radius 1 is 1.44 bits per heavy atom. The Hall–Kier alpha value is -1.42. The lowest BCUT2D eigenvalue weighted by Gasteiger charge is -2.18. The van der Waals surface area contributed by atoms with Gasteiger partial charge in [-0.05, 0) is 30.7 Å². The zero-order valence-electron chi connectivity index (χ0n) is 9.36. The molecule has 16 heavy (non-hydrogen) atoms. The SMILES string of the molecule is CN1N=C(CCN)CC1c1ccc(F)cc1. The van der Waals surface area contributed by atoms with Gasteiger partial charge >= 0.3 is 0 Å². The van der Waals surface area contributed by atoms with Crippen LogP contribution in [0.2, 0.25) is 0 Å². The molecule has 4 heteroatoms. The Bertz CT molecular complexity index is 386. The van der Waals surface area contributed by atoms with Crippen LogP contribution >= 0.6 is 0 Å². The highest BCUT2D eigenvalue weighted by Crippen LogP contribution is 2.29. The Morgan fingerprint density at radius 3 is 2.75 bits per heavy atom. The van der Waals surface area contributed by atoms with Crippen LogP contribution in [0.5, 0.6) is 0 Å². The fraction of sp³-hybridized carbons (Fsp3) is 0.417. The zero-order valence-corrected chi connectivity index (χ0v) is 9.36. The predicted molar refractivity (Wildman–Crippen MR) is 62.6 cm³/mol. The number of rotatable bonds is 3. The molecule has 0 saturated carbocycles. The minimum atomic E-state index is -0.201. The number of nitrogens with two attached hydrogens (primary N) is 1. The van der Waals surface area contributed by atoms with E-state index in [0.29, 0.717) is 6.54 Å². The van der Waals surface area contributed by atoms with Crippen molar-refractivity contribution in [2.45, 2.75) is 18.9 Å². The average Bonchev–Trinajstić information content (AvgIpc) is 2.61. The minimum Gasteiger partial charge on any atom is -0.330 e. The summed E-state index contributed by atoms with van der Waals surface area (Å²) in [5.41, 5.74) is 7.73. The van der Waals surface area contributed by atoms with Crippen molar-refractivity contribution in [1.29, 1.82) is 0 Å². The number of nitrogens with zero attached hydrogens (tertiary/aromatic N) is 2. The molecule has 3 nitrogen and oxygen atoms in total. The molecule has 2 N–H and O–H groups in total. The maximum atomic E-state index is 12.8. The maximum absolute atomic E-state index is 12.8. The molecule has 1 heterocycles. The van der Waals surface area contributed by atoms with Crippen LogP contribution in [0, 0.1) is 5.82 Å². The molecule has 1 atom stereocenters. The number of halogens is 1. The van der Waals surface area contributed by atoms with Gasteiger partial charge in [0.05, 0.1) is 6.04 Å². The van der Waals surface area contributed by atoms with Gasteiger partial charge in [0.25, 0.3) is 0 Å². The van der Waals surface area contributed by atoms with Crippen LogP contribution in [0.3, 0.4) is 0 Å². The van der Waals surface area contributed by atoms with Crippen molar-refractivity contribution in [1.82, 2.24) is 5.01 Å². The molecular weight excluding hydrogens is 205 g/mol. The van der Waals surface area contributed by atoms with E-state index in [-0.39, 0.29) is 11.9 Å². The van der Waals surface area contributed by atoms with E-state index in [2.05, 4.69) is 5.10 Å². The molecule has 0 aromatic heterocycles. The van der Waals surface area contributed by atoms with Crippen LogP contribution < -0.4 is 5.73 Å². The molecule has 1 aliphatic heterocycles. The van der Waals surface area contributed by atoms with E-state index in [1.54, 1.807) is 0 Å². The lowest BCUT2D eigenvalue weighted by Crippen LogP contribution is -2.14. The summed E-state index contributed by atoms with van der Waals surface area (Å²) in [7, 11) is 1.94. The van der Waals surface area contributed by atoms with Gasteiger partial charge in [-0.15, -0.1) is 0 Å². The molecule has 1 aromatic carbocycles. The first-order chi connectivity index (χ1) is 7.70. The third-order valence-electron chi connectivity index (χ3n) is 2.87. The summed E-state index contributed by atoms with van der Waals surface area (Å²) in [5, 5.41) is 6.36. The van der Waals surface area contributed by atoms with E-state index in [0.717, 1.165) is 24.1 Å². The van der Waals surface area contributed by atoms with E-state index < -0.39 is 0 Å². The van der Waals surface area contributed by atoms with Crippen molar-refractivity contribution in [3.05, 3.63) is 35.6 Å². The van der Waals surface area contributed by atoms with Crippen LogP contribution in [0.25, 0.3) is 0 Å². The predicted octanol–water partition coefficient (Wildman–Crippen LogP) is 1.91. The number of benzene rings is 1. The number of hydrogen-bond acceptors (Lipinski definition) is 3. The second kappa shape index (κ2) is 4.61. The summed E-state index contributed by atoms with van der Waals surface area (Å²) in [4.78, 5) is 0. The van der Waals surface area contributed by atoms with E-state index in [9.17, 15) is 4.39 Å². The lowest BCUT2D eigenvalue weighted by atomic mass is 10.0. The van der Waals surface area contributed by atoms with Gasteiger partial charge in [0.15, 0.2) is 0 Å². The third-order valence-corrected chi connectivity index (χ3v) is 2.87. The van der Waals surface area contributed by atoms with Gasteiger partial charge in [-0.3, -0.25) is 5.01 Å². The summed E-state index contributed by atoms with van der Waals surface area (Å²) in [6.07, 6.45) is 1.72. The molecule has 2 rings (SSSR count). The van der Waals surface area contributed by atoms with E-state index in [1.165, 1.54) is 12.1 Å². The molecule has 86 valence electrons. The smallest absolute Gasteiger partial charge is 0.123 e. The summed E-state index contributed by atoms with van der Waals surface area (Å²) in [6, 6.07) is 6.84. The molecule has 0 spiro atoms. The summed E-state index contributed by atoms with van der Waals surface area (Å²) >= 11 is 0. The van der Waals surface area contributed by atoms with Gasteiger partial charge in [0, 0.05) is 19.2 Å². The molecule has 0 fully saturated rings. The van der Waals surface area contributed by atoms with Gasteiger partial charge in [0.1, 0.15) is 5.82 Å². The molecular formula is C12H16FN3. The quantitative estimate of drug-likeness (QED) is 0.847. The van der Waals surface area contributed by atoms with Gasteiger partial charge in [-0.1, -0.05) is 12.1 Å². The van der Waals surface area contributed by atoms with Crippen molar-refractivity contribution >= 4 is 5.71 Å². The molecule has 1 aliphatic rings. The van der Waals surface area contributed by atoms with Gasteiger partial charge < -0.3 is 5.73 Å². The second-order valence-electron chi connectivity index (χ2n) is 4.05. The highest BCUT2D eigenvalue weighted by Gasteiger charge is 2.24. The topological polar surface area (TPSA) is 41.6 Å². The zero-order chi connectivity index (χ0) is 11.5. The largest absolute Gasteiger partial charge is 0.330 e. The van der Waals surface area contributed by atoms with E-state index >= 15 is 0 Å². The summed E-state index contributed by atoms with van der Waals surface area (Å²) in [6.45, 7) is 0.628. The fourth-order valence-electron chi connectivity index (χ4n) is 2.03. The van der Waals surface area contributed by atoms with Crippen LogP contribution in [-0.4, -0.2) is 24.3 Å². The van der Waals surface area contributed by atoms with Crippen LogP contribution in [0.4, 0.5) is 4.39 Å². The van der Waals surface area contributed by atoms with Crippen LogP contribution in [0.15, 0.2) is 29.4 Å². The first-order valence-corrected chi connectivity index (χ1v) is 5.45. The second-order valence-corrected chi connectivity index (χ2v) is 4.05. The van der Waals surface area contributed by atoms with Crippen LogP contribution in [0.1, 0.15) is 24.4 Å². The Balaban J connectivity index is 2.10. The Labute approximate surface area is 94.7 Å². The first kappa shape index (κ1) is 11.1. The van der Waals surface area contributed by atoms with E-state index in [4.69, 9.17) is 5.73 Å². The lowest BCUT2D eigenvalue weighted by molar-refractivity contribution is 0.289. The molecule has 0 saturated heterocycles. The maximum Gasteiger partial charge on any atom is 0.123 e. The summed E-state index contributed by atoms with van der Waals surface area (Å²) in [5.74, 6) is -0.201. The van der Waals surface area contributed by atoms with Crippen molar-refractivity contribution < 1.29 is 4.39 Å².